The van der Waals surface area contributed by atoms with Gasteiger partial charge in [-0.3, -0.25) is 4.79 Å². The first-order valence-corrected chi connectivity index (χ1v) is 4.15. The number of rotatable bonds is 4. The van der Waals surface area contributed by atoms with Crippen LogP contribution in [0.5, 0.6) is 5.75 Å². The molecule has 4 heteroatoms. The number of amides is 1. The smallest absolute Gasteiger partial charge is 0.207 e. The average Bonchev–Trinajstić information content (AvgIpc) is 2.15. The first-order valence-electron chi connectivity index (χ1n) is 3.77. The molecule has 0 saturated carbocycles. The van der Waals surface area contributed by atoms with Crippen LogP contribution in [0.1, 0.15) is 5.56 Å². The number of methoxy groups -OCH3 is 1. The zero-order chi connectivity index (χ0) is 9.68. The fourth-order valence-electron chi connectivity index (χ4n) is 0.979. The number of halogens is 1. The van der Waals surface area contributed by atoms with Crippen molar-refractivity contribution < 1.29 is 9.53 Å². The molecule has 0 atom stereocenters. The molecule has 0 radical (unpaired) electrons. The third-order valence-electron chi connectivity index (χ3n) is 1.61. The van der Waals surface area contributed by atoms with Crippen LogP contribution in [0.15, 0.2) is 18.2 Å². The molecular weight excluding hydrogens is 190 g/mol. The molecule has 0 aliphatic carbocycles. The molecule has 1 amide bonds. The molecule has 1 aromatic carbocycles. The van der Waals surface area contributed by atoms with Crippen molar-refractivity contribution in [2.75, 3.05) is 7.11 Å². The fraction of sp³-hybridized carbons (Fsp3) is 0.222. The van der Waals surface area contributed by atoms with Gasteiger partial charge in [0.2, 0.25) is 6.41 Å². The number of nitrogens with one attached hydrogen (secondary N) is 1. The summed E-state index contributed by atoms with van der Waals surface area (Å²) in [5.41, 5.74) is 0.943. The molecule has 0 bridgehead atoms. The van der Waals surface area contributed by atoms with E-state index in [-0.39, 0.29) is 0 Å². The molecule has 0 fully saturated rings. The van der Waals surface area contributed by atoms with E-state index in [1.807, 2.05) is 6.07 Å². The van der Waals surface area contributed by atoms with Gasteiger partial charge >= 0.3 is 0 Å². The predicted octanol–water partition coefficient (Wildman–Crippen LogP) is 1.59. The molecule has 0 aliphatic rings. The topological polar surface area (TPSA) is 38.3 Å². The molecule has 1 rings (SSSR count). The lowest BCUT2D eigenvalue weighted by Crippen LogP contribution is -2.09. The monoisotopic (exact) mass is 199 g/mol. The largest absolute Gasteiger partial charge is 0.495 e. The van der Waals surface area contributed by atoms with Gasteiger partial charge in [0, 0.05) is 6.54 Å². The van der Waals surface area contributed by atoms with Crippen molar-refractivity contribution in [3.63, 3.8) is 0 Å². The van der Waals surface area contributed by atoms with Crippen LogP contribution in [-0.2, 0) is 11.3 Å². The van der Waals surface area contributed by atoms with Crippen LogP contribution < -0.4 is 10.1 Å². The van der Waals surface area contributed by atoms with Gasteiger partial charge in [-0.15, -0.1) is 0 Å². The molecule has 0 aromatic heterocycles. The highest BCUT2D eigenvalue weighted by Crippen LogP contribution is 2.24. The van der Waals surface area contributed by atoms with Crippen molar-refractivity contribution in [3.8, 4) is 5.75 Å². The standard InChI is InChI=1S/C9H10ClNO2/c1-13-9-3-2-7(4-8(9)10)5-11-6-12/h2-4,6H,5H2,1H3,(H,11,12). The summed E-state index contributed by atoms with van der Waals surface area (Å²) in [6.45, 7) is 0.479. The first kappa shape index (κ1) is 9.86. The number of benzene rings is 1. The minimum absolute atomic E-state index is 0.479. The van der Waals surface area contributed by atoms with E-state index >= 15 is 0 Å². The lowest BCUT2D eigenvalue weighted by Gasteiger charge is -2.04. The Labute approximate surface area is 81.7 Å². The Bertz CT molecular complexity index is 302. The summed E-state index contributed by atoms with van der Waals surface area (Å²) in [6, 6.07) is 5.38. The average molecular weight is 200 g/mol. The molecule has 0 spiro atoms. The van der Waals surface area contributed by atoms with Crippen LogP contribution in [0.2, 0.25) is 5.02 Å². The van der Waals surface area contributed by atoms with E-state index in [9.17, 15) is 4.79 Å². The number of carbonyl (C=O) groups excluding carboxylic acids is 1. The Morgan fingerprint density at radius 2 is 2.38 bits per heavy atom. The van der Waals surface area contributed by atoms with Crippen LogP contribution in [0.3, 0.4) is 0 Å². The van der Waals surface area contributed by atoms with Crippen molar-refractivity contribution in [2.24, 2.45) is 0 Å². The fourth-order valence-corrected chi connectivity index (χ4v) is 1.26. The predicted molar refractivity (Wildman–Crippen MR) is 50.9 cm³/mol. The van der Waals surface area contributed by atoms with E-state index in [1.165, 1.54) is 0 Å². The third-order valence-corrected chi connectivity index (χ3v) is 1.90. The Balaban J connectivity index is 2.76. The summed E-state index contributed by atoms with van der Waals surface area (Å²) in [5, 5.41) is 3.10. The van der Waals surface area contributed by atoms with E-state index < -0.39 is 0 Å². The quantitative estimate of drug-likeness (QED) is 0.748. The highest BCUT2D eigenvalue weighted by molar-refractivity contribution is 6.32. The number of hydrogen-bond acceptors (Lipinski definition) is 2. The second-order valence-corrected chi connectivity index (χ2v) is 2.87. The number of hydrogen-bond donors (Lipinski definition) is 1. The van der Waals surface area contributed by atoms with Crippen molar-refractivity contribution in [1.29, 1.82) is 0 Å². The van der Waals surface area contributed by atoms with E-state index in [0.717, 1.165) is 5.56 Å². The molecule has 3 nitrogen and oxygen atoms in total. The Kier molecular flexibility index (Phi) is 3.58. The lowest BCUT2D eigenvalue weighted by atomic mass is 10.2. The van der Waals surface area contributed by atoms with Gasteiger partial charge in [-0.05, 0) is 17.7 Å². The highest BCUT2D eigenvalue weighted by Gasteiger charge is 2.00. The SMILES string of the molecule is COc1ccc(CNC=O)cc1Cl. The zero-order valence-corrected chi connectivity index (χ0v) is 7.97. The van der Waals surface area contributed by atoms with Crippen LogP contribution in [0.4, 0.5) is 0 Å². The second-order valence-electron chi connectivity index (χ2n) is 2.47. The maximum atomic E-state index is 10.0. The van der Waals surface area contributed by atoms with Gasteiger partial charge in [-0.25, -0.2) is 0 Å². The normalized spacial score (nSPS) is 9.38. The van der Waals surface area contributed by atoms with E-state index in [4.69, 9.17) is 16.3 Å². The summed E-state index contributed by atoms with van der Waals surface area (Å²) < 4.78 is 4.98. The van der Waals surface area contributed by atoms with Gasteiger partial charge in [0.1, 0.15) is 5.75 Å². The van der Waals surface area contributed by atoms with Gasteiger partial charge in [-0.1, -0.05) is 17.7 Å². The highest BCUT2D eigenvalue weighted by atomic mass is 35.5. The van der Waals surface area contributed by atoms with Gasteiger partial charge in [0.05, 0.1) is 12.1 Å². The van der Waals surface area contributed by atoms with E-state index in [1.54, 1.807) is 19.2 Å². The second kappa shape index (κ2) is 4.72. The van der Waals surface area contributed by atoms with Crippen LogP contribution in [0.25, 0.3) is 0 Å². The first-order chi connectivity index (χ1) is 6.27. The Morgan fingerprint density at radius 3 is 2.92 bits per heavy atom. The molecule has 0 saturated heterocycles. The van der Waals surface area contributed by atoms with Gasteiger partial charge in [-0.2, -0.15) is 0 Å². The molecule has 13 heavy (non-hydrogen) atoms. The molecule has 70 valence electrons. The summed E-state index contributed by atoms with van der Waals surface area (Å²) in [5.74, 6) is 0.636. The molecular formula is C9H10ClNO2. The number of ether oxygens (including phenoxy) is 1. The number of carbonyl (C=O) groups is 1. The summed E-state index contributed by atoms with van der Waals surface area (Å²) in [6.07, 6.45) is 0.651. The van der Waals surface area contributed by atoms with E-state index in [0.29, 0.717) is 23.7 Å². The van der Waals surface area contributed by atoms with Crippen LogP contribution in [0, 0.1) is 0 Å². The van der Waals surface area contributed by atoms with Gasteiger partial charge in [0.25, 0.3) is 0 Å². The maximum Gasteiger partial charge on any atom is 0.207 e. The van der Waals surface area contributed by atoms with Crippen LogP contribution >= 0.6 is 11.6 Å². The van der Waals surface area contributed by atoms with E-state index in [2.05, 4.69) is 5.32 Å². The molecule has 1 N–H and O–H groups in total. The summed E-state index contributed by atoms with van der Waals surface area (Å²) >= 11 is 5.87. The maximum absolute atomic E-state index is 10.0. The lowest BCUT2D eigenvalue weighted by molar-refractivity contribution is -0.109. The zero-order valence-electron chi connectivity index (χ0n) is 7.21. The summed E-state index contributed by atoms with van der Waals surface area (Å²) in [4.78, 5) is 10.0. The molecule has 1 aromatic rings. The molecule has 0 heterocycles. The Morgan fingerprint density at radius 1 is 1.62 bits per heavy atom. The molecule has 0 unspecified atom stereocenters. The minimum Gasteiger partial charge on any atom is -0.495 e. The van der Waals surface area contributed by atoms with Gasteiger partial charge < -0.3 is 10.1 Å². The minimum atomic E-state index is 0.479. The van der Waals surface area contributed by atoms with Crippen LogP contribution in [-0.4, -0.2) is 13.5 Å². The van der Waals surface area contributed by atoms with Crippen molar-refractivity contribution >= 4 is 18.0 Å². The van der Waals surface area contributed by atoms with Crippen molar-refractivity contribution in [2.45, 2.75) is 6.54 Å². The molecule has 0 aliphatic heterocycles. The van der Waals surface area contributed by atoms with Crippen molar-refractivity contribution in [3.05, 3.63) is 28.8 Å². The van der Waals surface area contributed by atoms with Gasteiger partial charge in [0.15, 0.2) is 0 Å². The Hall–Kier alpha value is -1.22. The third kappa shape index (κ3) is 2.63. The summed E-state index contributed by atoms with van der Waals surface area (Å²) in [7, 11) is 1.56. The van der Waals surface area contributed by atoms with Crippen molar-refractivity contribution in [1.82, 2.24) is 5.32 Å².